The maximum atomic E-state index is 12.2. The zero-order valence-electron chi connectivity index (χ0n) is 15.1. The van der Waals surface area contributed by atoms with Gasteiger partial charge in [-0.2, -0.15) is 0 Å². The van der Waals surface area contributed by atoms with E-state index >= 15 is 0 Å². The Morgan fingerprint density at radius 1 is 1.28 bits per heavy atom. The van der Waals surface area contributed by atoms with Crippen molar-refractivity contribution >= 4 is 34.2 Å². The molecule has 6 nitrogen and oxygen atoms in total. The lowest BCUT2D eigenvalue weighted by atomic mass is 9.72. The number of rotatable bonds is 5. The molecular weight excluding hydrogens is 342 g/mol. The van der Waals surface area contributed by atoms with Crippen molar-refractivity contribution in [3.63, 3.8) is 0 Å². The minimum atomic E-state index is -1.28. The number of methoxy groups -OCH3 is 1. The molecule has 0 bridgehead atoms. The summed E-state index contributed by atoms with van der Waals surface area (Å²) in [6.07, 6.45) is 2.08. The lowest BCUT2D eigenvalue weighted by molar-refractivity contribution is -0.305. The zero-order chi connectivity index (χ0) is 18.8. The Morgan fingerprint density at radius 2 is 1.96 bits per heavy atom. The monoisotopic (exact) mass is 366 g/mol. The molecule has 1 heterocycles. The predicted octanol–water partition coefficient (Wildman–Crippen LogP) is 2.15. The van der Waals surface area contributed by atoms with Gasteiger partial charge in [-0.15, -0.1) is 11.3 Å². The fourth-order valence-corrected chi connectivity index (χ4v) is 4.47. The summed E-state index contributed by atoms with van der Waals surface area (Å²) in [7, 11) is 1.31. The van der Waals surface area contributed by atoms with E-state index in [0.717, 1.165) is 29.7 Å². The summed E-state index contributed by atoms with van der Waals surface area (Å²) in [6.45, 7) is 6.63. The molecule has 2 rings (SSSR count). The van der Waals surface area contributed by atoms with E-state index in [9.17, 15) is 19.5 Å². The van der Waals surface area contributed by atoms with E-state index in [-0.39, 0.29) is 18.3 Å². The van der Waals surface area contributed by atoms with E-state index in [1.54, 1.807) is 0 Å². The Balaban J connectivity index is 2.28. The van der Waals surface area contributed by atoms with Crippen molar-refractivity contribution in [1.29, 1.82) is 0 Å². The van der Waals surface area contributed by atoms with Crippen LogP contribution in [0.15, 0.2) is 0 Å². The van der Waals surface area contributed by atoms with Crippen LogP contribution in [0, 0.1) is 11.3 Å². The van der Waals surface area contributed by atoms with Crippen LogP contribution in [0.25, 0.3) is 0 Å². The van der Waals surface area contributed by atoms with Crippen molar-refractivity contribution < 1.29 is 24.2 Å². The summed E-state index contributed by atoms with van der Waals surface area (Å²) in [4.78, 5) is 35.8. The van der Waals surface area contributed by atoms with E-state index in [0.29, 0.717) is 16.5 Å². The lowest BCUT2D eigenvalue weighted by Gasteiger charge is -2.33. The largest absolute Gasteiger partial charge is 0.550 e. The third-order valence-corrected chi connectivity index (χ3v) is 5.86. The molecule has 138 valence electrons. The Bertz CT molecular complexity index is 686. The highest BCUT2D eigenvalue weighted by Gasteiger charge is 2.34. The Morgan fingerprint density at radius 3 is 2.52 bits per heavy atom. The Labute approximate surface area is 151 Å². The van der Waals surface area contributed by atoms with Crippen LogP contribution >= 0.6 is 11.3 Å². The number of carboxylic acid groups (broad SMARTS) is 1. The third kappa shape index (κ3) is 4.60. The number of amides is 1. The molecule has 0 saturated carbocycles. The number of carbonyl (C=O) groups excluding carboxylic acids is 3. The summed E-state index contributed by atoms with van der Waals surface area (Å²) in [5.74, 6) is -1.69. The van der Waals surface area contributed by atoms with Crippen LogP contribution in [0.2, 0.25) is 0 Å². The van der Waals surface area contributed by atoms with Crippen molar-refractivity contribution in [2.24, 2.45) is 11.3 Å². The molecular formula is C18H24NO5S-. The summed E-state index contributed by atoms with van der Waals surface area (Å²) < 4.78 is 4.89. The van der Waals surface area contributed by atoms with Crippen molar-refractivity contribution in [2.75, 3.05) is 12.4 Å². The molecule has 0 unspecified atom stereocenters. The number of nitrogens with one attached hydrogen (secondary N) is 1. The molecule has 7 heteroatoms. The van der Waals surface area contributed by atoms with Gasteiger partial charge in [0, 0.05) is 17.3 Å². The smallest absolute Gasteiger partial charge is 0.341 e. The van der Waals surface area contributed by atoms with Gasteiger partial charge in [0.15, 0.2) is 0 Å². The molecule has 0 aromatic carbocycles. The number of thiophene rings is 1. The van der Waals surface area contributed by atoms with Crippen LogP contribution < -0.4 is 10.4 Å². The summed E-state index contributed by atoms with van der Waals surface area (Å²) in [5.41, 5.74) is 1.54. The zero-order valence-corrected chi connectivity index (χ0v) is 15.9. The van der Waals surface area contributed by atoms with Gasteiger partial charge >= 0.3 is 5.97 Å². The number of hydrogen-bond acceptors (Lipinski definition) is 6. The predicted molar refractivity (Wildman–Crippen MR) is 93.5 cm³/mol. The van der Waals surface area contributed by atoms with Crippen molar-refractivity contribution in [3.8, 4) is 0 Å². The molecule has 1 N–H and O–H groups in total. The number of carbonyl (C=O) groups is 3. The third-order valence-electron chi connectivity index (χ3n) is 4.69. The van der Waals surface area contributed by atoms with E-state index in [1.165, 1.54) is 18.4 Å². The van der Waals surface area contributed by atoms with Gasteiger partial charge in [-0.25, -0.2) is 4.79 Å². The molecule has 0 radical (unpaired) electrons. The maximum Gasteiger partial charge on any atom is 0.341 e. The fraction of sp³-hybridized carbons (Fsp3) is 0.611. The fourth-order valence-electron chi connectivity index (χ4n) is 3.14. The molecule has 0 aliphatic heterocycles. The van der Waals surface area contributed by atoms with E-state index in [4.69, 9.17) is 4.74 Å². The number of aliphatic carboxylic acids is 1. The molecule has 1 amide bonds. The number of hydrogen-bond donors (Lipinski definition) is 1. The first-order valence-corrected chi connectivity index (χ1v) is 9.17. The first-order chi connectivity index (χ1) is 11.6. The minimum Gasteiger partial charge on any atom is -0.550 e. The second kappa shape index (κ2) is 7.56. The van der Waals surface area contributed by atoms with Crippen LogP contribution in [0.3, 0.4) is 0 Å². The first kappa shape index (κ1) is 19.4. The average molecular weight is 366 g/mol. The molecule has 25 heavy (non-hydrogen) atoms. The summed E-state index contributed by atoms with van der Waals surface area (Å²) in [5, 5.41) is 13.6. The maximum absolute atomic E-state index is 12.2. The van der Waals surface area contributed by atoms with E-state index < -0.39 is 17.8 Å². The standard InChI is InChI=1S/C18H25NO5S/c1-18(2,3)10-5-6-11-12(9-10)25-16(15(11)17(23)24-4)19-13(20)7-8-14(21)22/h10H,5-9H2,1-4H3,(H,19,20)(H,21,22)/p-1/t10-/m1/s1. The molecule has 1 aromatic rings. The lowest BCUT2D eigenvalue weighted by Crippen LogP contribution is -2.26. The van der Waals surface area contributed by atoms with Crippen LogP contribution in [0.4, 0.5) is 5.00 Å². The average Bonchev–Trinajstić information content (AvgIpc) is 2.88. The van der Waals surface area contributed by atoms with Crippen LogP contribution in [0.1, 0.15) is 60.8 Å². The van der Waals surface area contributed by atoms with Crippen molar-refractivity contribution in [2.45, 2.75) is 52.9 Å². The SMILES string of the molecule is COC(=O)c1c(NC(=O)CCC(=O)[O-])sc2c1CC[C@@H](C(C)(C)C)C2. The molecule has 1 aliphatic rings. The number of carboxylic acids is 1. The van der Waals surface area contributed by atoms with Gasteiger partial charge in [0.25, 0.3) is 0 Å². The van der Waals surface area contributed by atoms with Crippen molar-refractivity contribution in [1.82, 2.24) is 0 Å². The van der Waals surface area contributed by atoms with Gasteiger partial charge in [0.2, 0.25) is 5.91 Å². The molecule has 0 fully saturated rings. The molecule has 1 aliphatic carbocycles. The van der Waals surface area contributed by atoms with E-state index in [1.807, 2.05) is 0 Å². The number of anilines is 1. The summed E-state index contributed by atoms with van der Waals surface area (Å²) in [6, 6.07) is 0. The summed E-state index contributed by atoms with van der Waals surface area (Å²) >= 11 is 1.39. The second-order valence-electron chi connectivity index (χ2n) is 7.43. The van der Waals surface area contributed by atoms with Crippen LogP contribution in [-0.4, -0.2) is 25.0 Å². The number of fused-ring (bicyclic) bond motifs is 1. The molecule has 1 aromatic heterocycles. The normalized spacial score (nSPS) is 16.9. The molecule has 1 atom stereocenters. The topological polar surface area (TPSA) is 95.5 Å². The quantitative estimate of drug-likeness (QED) is 0.806. The Hall–Kier alpha value is -1.89. The molecule has 0 saturated heterocycles. The van der Waals surface area contributed by atoms with Crippen LogP contribution in [0.5, 0.6) is 0 Å². The van der Waals surface area contributed by atoms with Gasteiger partial charge < -0.3 is 20.0 Å². The highest BCUT2D eigenvalue weighted by molar-refractivity contribution is 7.17. The van der Waals surface area contributed by atoms with Gasteiger partial charge in [-0.3, -0.25) is 4.79 Å². The van der Waals surface area contributed by atoms with Gasteiger partial charge in [-0.1, -0.05) is 20.8 Å². The van der Waals surface area contributed by atoms with Crippen LogP contribution in [-0.2, 0) is 27.2 Å². The van der Waals surface area contributed by atoms with Gasteiger partial charge in [0.1, 0.15) is 5.00 Å². The Kier molecular flexibility index (Phi) is 5.87. The molecule has 0 spiro atoms. The van der Waals surface area contributed by atoms with Crippen molar-refractivity contribution in [3.05, 3.63) is 16.0 Å². The highest BCUT2D eigenvalue weighted by Crippen LogP contribution is 2.44. The minimum absolute atomic E-state index is 0.172. The van der Waals surface area contributed by atoms with Gasteiger partial charge in [-0.05, 0) is 42.6 Å². The second-order valence-corrected chi connectivity index (χ2v) is 8.53. The number of ether oxygens (including phenoxy) is 1. The number of esters is 1. The highest BCUT2D eigenvalue weighted by atomic mass is 32.1. The van der Waals surface area contributed by atoms with E-state index in [2.05, 4.69) is 26.1 Å². The first-order valence-electron chi connectivity index (χ1n) is 8.36. The van der Waals surface area contributed by atoms with Gasteiger partial charge in [0.05, 0.1) is 12.7 Å².